The highest BCUT2D eigenvalue weighted by molar-refractivity contribution is 5.90. The number of carbonyl (C=O) groups is 3. The molecule has 132 valence electrons. The second-order valence-electron chi connectivity index (χ2n) is 6.51. The molecule has 0 aliphatic heterocycles. The lowest BCUT2D eigenvalue weighted by Gasteiger charge is -2.24. The number of hydrogen-bond donors (Lipinski definition) is 3. The molecule has 24 heavy (non-hydrogen) atoms. The van der Waals surface area contributed by atoms with Gasteiger partial charge in [-0.3, -0.25) is 9.59 Å². The van der Waals surface area contributed by atoms with Crippen LogP contribution in [0.1, 0.15) is 45.7 Å². The first kappa shape index (κ1) is 19.5. The largest absolute Gasteiger partial charge is 0.444 e. The Kier molecular flexibility index (Phi) is 6.76. The average Bonchev–Trinajstić information content (AvgIpc) is 2.44. The van der Waals surface area contributed by atoms with Gasteiger partial charge < -0.3 is 21.1 Å². The summed E-state index contributed by atoms with van der Waals surface area (Å²) in [6, 6.07) is 7.95. The topological polar surface area (TPSA) is 111 Å². The van der Waals surface area contributed by atoms with E-state index in [1.807, 2.05) is 37.3 Å². The van der Waals surface area contributed by atoms with Crippen molar-refractivity contribution in [1.82, 2.24) is 10.6 Å². The standard InChI is InChI=1S/C17H25N3O4/c1-11(12-8-6-5-7-9-12)19-15(22)13(10-14(18)21)20-16(23)24-17(2,3)4/h5-9,11,13H,10H2,1-4H3,(H2,18,21)(H,19,22)(H,20,23). The van der Waals surface area contributed by atoms with Gasteiger partial charge in [0.25, 0.3) is 0 Å². The van der Waals surface area contributed by atoms with Crippen LogP contribution in [-0.2, 0) is 14.3 Å². The minimum absolute atomic E-state index is 0.283. The normalized spacial score (nSPS) is 13.5. The molecule has 0 aliphatic carbocycles. The van der Waals surface area contributed by atoms with Crippen molar-refractivity contribution in [3.8, 4) is 0 Å². The number of alkyl carbamates (subject to hydrolysis) is 1. The number of nitrogens with one attached hydrogen (secondary N) is 2. The van der Waals surface area contributed by atoms with Gasteiger partial charge in [-0.15, -0.1) is 0 Å². The Morgan fingerprint density at radius 2 is 1.71 bits per heavy atom. The predicted octanol–water partition coefficient (Wildman–Crippen LogP) is 1.63. The fourth-order valence-electron chi connectivity index (χ4n) is 2.00. The average molecular weight is 335 g/mol. The van der Waals surface area contributed by atoms with Crippen LogP contribution < -0.4 is 16.4 Å². The highest BCUT2D eigenvalue weighted by Gasteiger charge is 2.26. The van der Waals surface area contributed by atoms with Crippen LogP contribution in [0.5, 0.6) is 0 Å². The molecule has 0 saturated heterocycles. The minimum Gasteiger partial charge on any atom is -0.444 e. The van der Waals surface area contributed by atoms with E-state index in [1.165, 1.54) is 0 Å². The zero-order chi connectivity index (χ0) is 18.3. The van der Waals surface area contributed by atoms with Crippen molar-refractivity contribution < 1.29 is 19.1 Å². The van der Waals surface area contributed by atoms with Crippen LogP contribution in [0, 0.1) is 0 Å². The van der Waals surface area contributed by atoms with Crippen molar-refractivity contribution >= 4 is 17.9 Å². The summed E-state index contributed by atoms with van der Waals surface area (Å²) in [7, 11) is 0. The predicted molar refractivity (Wildman–Crippen MR) is 90.0 cm³/mol. The van der Waals surface area contributed by atoms with E-state index in [9.17, 15) is 14.4 Å². The van der Waals surface area contributed by atoms with Crippen molar-refractivity contribution in [2.45, 2.75) is 51.8 Å². The molecule has 2 atom stereocenters. The minimum atomic E-state index is -1.09. The van der Waals surface area contributed by atoms with Gasteiger partial charge in [-0.25, -0.2) is 4.79 Å². The van der Waals surface area contributed by atoms with Gasteiger partial charge in [-0.05, 0) is 33.3 Å². The van der Waals surface area contributed by atoms with Gasteiger partial charge in [0.2, 0.25) is 11.8 Å². The quantitative estimate of drug-likeness (QED) is 0.733. The Morgan fingerprint density at radius 1 is 1.12 bits per heavy atom. The van der Waals surface area contributed by atoms with Gasteiger partial charge in [0, 0.05) is 0 Å². The van der Waals surface area contributed by atoms with Gasteiger partial charge in [-0.2, -0.15) is 0 Å². The molecule has 0 fully saturated rings. The lowest BCUT2D eigenvalue weighted by atomic mass is 10.1. The molecule has 7 heteroatoms. The summed E-state index contributed by atoms with van der Waals surface area (Å²) in [6.07, 6.45) is -1.09. The van der Waals surface area contributed by atoms with Gasteiger partial charge in [0.05, 0.1) is 12.5 Å². The Bertz CT molecular complexity index is 581. The molecule has 7 nitrogen and oxygen atoms in total. The van der Waals surface area contributed by atoms with E-state index in [0.29, 0.717) is 0 Å². The molecular formula is C17H25N3O4. The number of primary amides is 1. The maximum absolute atomic E-state index is 12.4. The zero-order valence-corrected chi connectivity index (χ0v) is 14.5. The Hall–Kier alpha value is -2.57. The van der Waals surface area contributed by atoms with Crippen molar-refractivity contribution in [2.75, 3.05) is 0 Å². The third-order valence-electron chi connectivity index (χ3n) is 3.07. The molecule has 3 amide bonds. The fourth-order valence-corrected chi connectivity index (χ4v) is 2.00. The zero-order valence-electron chi connectivity index (χ0n) is 14.5. The summed E-state index contributed by atoms with van der Waals surface area (Å²) < 4.78 is 5.11. The summed E-state index contributed by atoms with van der Waals surface area (Å²) in [5, 5.41) is 5.14. The Morgan fingerprint density at radius 3 is 2.21 bits per heavy atom. The molecule has 0 saturated carbocycles. The number of benzene rings is 1. The van der Waals surface area contributed by atoms with Gasteiger partial charge >= 0.3 is 6.09 Å². The van der Waals surface area contributed by atoms with E-state index in [1.54, 1.807) is 20.8 Å². The summed E-state index contributed by atoms with van der Waals surface area (Å²) in [4.78, 5) is 35.4. The molecule has 1 rings (SSSR count). The summed E-state index contributed by atoms with van der Waals surface area (Å²) in [5.74, 6) is -1.20. The van der Waals surface area contributed by atoms with Crippen LogP contribution in [-0.4, -0.2) is 29.6 Å². The molecule has 0 radical (unpaired) electrons. The SMILES string of the molecule is CC(NC(=O)C(CC(N)=O)NC(=O)OC(C)(C)C)c1ccccc1. The summed E-state index contributed by atoms with van der Waals surface area (Å²) in [5.41, 5.74) is 5.36. The van der Waals surface area contributed by atoms with Crippen LogP contribution in [0.3, 0.4) is 0 Å². The molecule has 1 aromatic carbocycles. The lowest BCUT2D eigenvalue weighted by molar-refractivity contribution is -0.127. The maximum atomic E-state index is 12.4. The van der Waals surface area contributed by atoms with Crippen molar-refractivity contribution in [2.24, 2.45) is 5.73 Å². The Labute approximate surface area is 141 Å². The highest BCUT2D eigenvalue weighted by Crippen LogP contribution is 2.12. The molecule has 0 aromatic heterocycles. The molecular weight excluding hydrogens is 310 g/mol. The van der Waals surface area contributed by atoms with E-state index in [2.05, 4.69) is 10.6 Å². The van der Waals surface area contributed by atoms with Crippen molar-refractivity contribution in [1.29, 1.82) is 0 Å². The Balaban J connectivity index is 2.74. The van der Waals surface area contributed by atoms with Gasteiger partial charge in [0.1, 0.15) is 11.6 Å². The molecule has 1 aromatic rings. The van der Waals surface area contributed by atoms with Crippen molar-refractivity contribution in [3.63, 3.8) is 0 Å². The number of hydrogen-bond acceptors (Lipinski definition) is 4. The molecule has 4 N–H and O–H groups in total. The summed E-state index contributed by atoms with van der Waals surface area (Å²) in [6.45, 7) is 6.91. The third kappa shape index (κ3) is 7.13. The van der Waals surface area contributed by atoms with E-state index < -0.39 is 29.6 Å². The molecule has 0 bridgehead atoms. The number of ether oxygens (including phenoxy) is 1. The third-order valence-corrected chi connectivity index (χ3v) is 3.07. The first-order chi connectivity index (χ1) is 11.1. The molecule has 0 heterocycles. The van der Waals surface area contributed by atoms with E-state index >= 15 is 0 Å². The number of rotatable bonds is 6. The first-order valence-electron chi connectivity index (χ1n) is 7.71. The smallest absolute Gasteiger partial charge is 0.408 e. The lowest BCUT2D eigenvalue weighted by Crippen LogP contribution is -2.50. The first-order valence-corrected chi connectivity index (χ1v) is 7.71. The number of amides is 3. The fraction of sp³-hybridized carbons (Fsp3) is 0.471. The monoisotopic (exact) mass is 335 g/mol. The van der Waals surface area contributed by atoms with Crippen LogP contribution in [0.15, 0.2) is 30.3 Å². The second-order valence-corrected chi connectivity index (χ2v) is 6.51. The van der Waals surface area contributed by atoms with Crippen LogP contribution in [0.4, 0.5) is 4.79 Å². The van der Waals surface area contributed by atoms with Gasteiger partial charge in [0.15, 0.2) is 0 Å². The van der Waals surface area contributed by atoms with Crippen LogP contribution in [0.2, 0.25) is 0 Å². The van der Waals surface area contributed by atoms with E-state index in [-0.39, 0.29) is 12.5 Å². The van der Waals surface area contributed by atoms with E-state index in [0.717, 1.165) is 5.56 Å². The van der Waals surface area contributed by atoms with Crippen LogP contribution >= 0.6 is 0 Å². The van der Waals surface area contributed by atoms with Crippen molar-refractivity contribution in [3.05, 3.63) is 35.9 Å². The number of nitrogens with two attached hydrogens (primary N) is 1. The molecule has 0 spiro atoms. The van der Waals surface area contributed by atoms with E-state index in [4.69, 9.17) is 10.5 Å². The summed E-state index contributed by atoms with van der Waals surface area (Å²) >= 11 is 0. The second kappa shape index (κ2) is 8.33. The molecule has 2 unspecified atom stereocenters. The maximum Gasteiger partial charge on any atom is 0.408 e. The van der Waals surface area contributed by atoms with Gasteiger partial charge in [-0.1, -0.05) is 30.3 Å². The highest BCUT2D eigenvalue weighted by atomic mass is 16.6. The number of carbonyl (C=O) groups excluding carboxylic acids is 3. The van der Waals surface area contributed by atoms with Crippen LogP contribution in [0.25, 0.3) is 0 Å². The molecule has 0 aliphatic rings.